The van der Waals surface area contributed by atoms with Crippen LogP contribution in [0.25, 0.3) is 11.2 Å². The number of aromatic amines is 1. The molecule has 1 aromatic carbocycles. The van der Waals surface area contributed by atoms with Crippen molar-refractivity contribution in [3.63, 3.8) is 0 Å². The number of nitrogen functional groups attached to an aromatic ring is 1. The summed E-state index contributed by atoms with van der Waals surface area (Å²) >= 11 is 11.2. The molecular weight excluding hydrogens is 493 g/mol. The molecule has 0 radical (unpaired) electrons. The average Bonchev–Trinajstić information content (AvgIpc) is 2.77. The Morgan fingerprint density at radius 2 is 1.82 bits per heavy atom. The molecule has 1 atom stereocenters. The molecule has 0 aliphatic carbocycles. The molecule has 0 saturated heterocycles. The quantitative estimate of drug-likeness (QED) is 0.221. The van der Waals surface area contributed by atoms with Crippen LogP contribution in [-0.2, 0) is 16.1 Å². The molecule has 0 spiro atoms. The molecule has 2 aromatic heterocycles. The molecular formula is C19H17Cl2N7O6. The van der Waals surface area contributed by atoms with Crippen LogP contribution in [0.15, 0.2) is 35.3 Å². The summed E-state index contributed by atoms with van der Waals surface area (Å²) in [6.07, 6.45) is 0.684. The predicted molar refractivity (Wildman–Crippen MR) is 122 cm³/mol. The van der Waals surface area contributed by atoms with Crippen molar-refractivity contribution < 1.29 is 24.6 Å². The predicted octanol–water partition coefficient (Wildman–Crippen LogP) is 0.739. The van der Waals surface area contributed by atoms with Crippen LogP contribution in [0, 0.1) is 0 Å². The van der Waals surface area contributed by atoms with Crippen LogP contribution in [0.4, 0.5) is 11.6 Å². The van der Waals surface area contributed by atoms with Crippen molar-refractivity contribution in [2.45, 2.75) is 23.3 Å². The van der Waals surface area contributed by atoms with E-state index in [9.17, 15) is 24.3 Å². The molecule has 3 aromatic rings. The monoisotopic (exact) mass is 509 g/mol. The highest BCUT2D eigenvalue weighted by Gasteiger charge is 2.39. The van der Waals surface area contributed by atoms with Gasteiger partial charge in [-0.15, -0.1) is 0 Å². The number of nitrogens with two attached hydrogens (primary N) is 1. The first-order valence-corrected chi connectivity index (χ1v) is 10.2. The fraction of sp³-hybridized carbons (Fsp3) is 0.211. The van der Waals surface area contributed by atoms with Crippen molar-refractivity contribution in [3.05, 3.63) is 52.1 Å². The second kappa shape index (κ2) is 9.89. The third-order valence-electron chi connectivity index (χ3n) is 4.48. The van der Waals surface area contributed by atoms with Gasteiger partial charge in [0.1, 0.15) is 6.04 Å². The molecule has 0 saturated carbocycles. The number of aliphatic carboxylic acids is 2. The van der Waals surface area contributed by atoms with Gasteiger partial charge in [-0.05, 0) is 24.3 Å². The van der Waals surface area contributed by atoms with Gasteiger partial charge in [0.15, 0.2) is 11.2 Å². The van der Waals surface area contributed by atoms with E-state index in [-0.39, 0.29) is 29.2 Å². The van der Waals surface area contributed by atoms with Crippen LogP contribution in [0.5, 0.6) is 0 Å². The van der Waals surface area contributed by atoms with E-state index in [0.717, 1.165) is 0 Å². The minimum atomic E-state index is -2.39. The van der Waals surface area contributed by atoms with Gasteiger partial charge in [-0.2, -0.15) is 4.98 Å². The number of alkyl halides is 2. The number of fused-ring (bicyclic) bond motifs is 1. The van der Waals surface area contributed by atoms with Gasteiger partial charge in [0.05, 0.1) is 18.4 Å². The van der Waals surface area contributed by atoms with Crippen LogP contribution in [-0.4, -0.2) is 58.4 Å². The van der Waals surface area contributed by atoms with Crippen LogP contribution < -0.4 is 21.9 Å². The first-order valence-electron chi connectivity index (χ1n) is 9.46. The Kier molecular flexibility index (Phi) is 7.17. The second-order valence-electron chi connectivity index (χ2n) is 6.99. The highest BCUT2D eigenvalue weighted by atomic mass is 35.5. The molecule has 1 amide bonds. The van der Waals surface area contributed by atoms with Crippen molar-refractivity contribution in [1.82, 2.24) is 25.3 Å². The van der Waals surface area contributed by atoms with Crippen LogP contribution in [0.2, 0.25) is 0 Å². The van der Waals surface area contributed by atoms with Crippen molar-refractivity contribution >= 4 is 63.8 Å². The van der Waals surface area contributed by atoms with Crippen molar-refractivity contribution in [2.75, 3.05) is 11.1 Å². The number of benzene rings is 1. The first kappa shape index (κ1) is 24.7. The van der Waals surface area contributed by atoms with Gasteiger partial charge in [0.25, 0.3) is 11.5 Å². The molecule has 1 unspecified atom stereocenters. The summed E-state index contributed by atoms with van der Waals surface area (Å²) in [5, 5.41) is 23.4. The largest absolute Gasteiger partial charge is 0.480 e. The fourth-order valence-corrected chi connectivity index (χ4v) is 3.08. The number of carboxylic acids is 2. The smallest absolute Gasteiger partial charge is 0.340 e. The lowest BCUT2D eigenvalue weighted by atomic mass is 10.1. The Labute approximate surface area is 200 Å². The molecule has 0 aliphatic heterocycles. The zero-order chi connectivity index (χ0) is 25.0. The average molecular weight is 510 g/mol. The maximum Gasteiger partial charge on any atom is 0.340 e. The fourth-order valence-electron chi connectivity index (χ4n) is 2.77. The lowest BCUT2D eigenvalue weighted by molar-refractivity contribution is -0.141. The molecule has 2 heterocycles. The summed E-state index contributed by atoms with van der Waals surface area (Å²) < 4.78 is -2.39. The van der Waals surface area contributed by atoms with Crippen molar-refractivity contribution in [1.29, 1.82) is 0 Å². The number of aromatic nitrogens is 4. The molecule has 0 fully saturated rings. The third-order valence-corrected chi connectivity index (χ3v) is 5.12. The molecule has 0 bridgehead atoms. The minimum Gasteiger partial charge on any atom is -0.480 e. The summed E-state index contributed by atoms with van der Waals surface area (Å²) in [7, 11) is 0. The normalized spacial score (nSPS) is 12.2. The van der Waals surface area contributed by atoms with E-state index in [1.807, 2.05) is 0 Å². The van der Waals surface area contributed by atoms with E-state index >= 15 is 0 Å². The number of hydrogen-bond acceptors (Lipinski definition) is 9. The van der Waals surface area contributed by atoms with Gasteiger partial charge >= 0.3 is 11.9 Å². The van der Waals surface area contributed by atoms with Gasteiger partial charge < -0.3 is 26.6 Å². The van der Waals surface area contributed by atoms with Crippen LogP contribution in [0.1, 0.15) is 22.5 Å². The minimum absolute atomic E-state index is 0.0364. The van der Waals surface area contributed by atoms with Gasteiger partial charge in [0, 0.05) is 17.7 Å². The van der Waals surface area contributed by atoms with Crippen molar-refractivity contribution in [2.24, 2.45) is 0 Å². The Morgan fingerprint density at radius 1 is 1.15 bits per heavy atom. The molecule has 3 rings (SSSR count). The van der Waals surface area contributed by atoms with Crippen LogP contribution >= 0.6 is 23.2 Å². The summed E-state index contributed by atoms with van der Waals surface area (Å²) in [5.41, 5.74) is 6.25. The Morgan fingerprint density at radius 3 is 2.44 bits per heavy atom. The number of carbonyl (C=O) groups is 3. The summed E-state index contributed by atoms with van der Waals surface area (Å²) in [5.74, 6) is -3.96. The van der Waals surface area contributed by atoms with Crippen molar-refractivity contribution in [3.8, 4) is 0 Å². The summed E-state index contributed by atoms with van der Waals surface area (Å²) in [6, 6.07) is 4.33. The Bertz CT molecular complexity index is 1310. The number of halogens is 2. The standard InChI is InChI=1S/C19H17Cl2N7O6/c20-19(21,17(33)34)5-11(16(31)32)26-14(29)8-1-3-9(4-2-8)23-6-10-7-24-13-12(25-10)15(30)28-18(22)27-13/h1-4,7,11,23H,5-6H2,(H,26,29)(H,31,32)(H,33,34)(H3,22,24,27,28,30). The molecule has 15 heteroatoms. The van der Waals surface area contributed by atoms with Gasteiger partial charge in [-0.1, -0.05) is 23.2 Å². The van der Waals surface area contributed by atoms with Gasteiger partial charge in [-0.3, -0.25) is 14.6 Å². The zero-order valence-corrected chi connectivity index (χ0v) is 18.6. The van der Waals surface area contributed by atoms with Crippen LogP contribution in [0.3, 0.4) is 0 Å². The number of nitrogens with zero attached hydrogens (tertiary/aromatic N) is 3. The van der Waals surface area contributed by atoms with E-state index in [1.54, 1.807) is 12.1 Å². The third kappa shape index (κ3) is 5.88. The van der Waals surface area contributed by atoms with Gasteiger partial charge in [-0.25, -0.2) is 19.6 Å². The van der Waals surface area contributed by atoms with E-state index in [4.69, 9.17) is 34.0 Å². The second-order valence-corrected chi connectivity index (χ2v) is 8.48. The lowest BCUT2D eigenvalue weighted by Crippen LogP contribution is -2.45. The van der Waals surface area contributed by atoms with E-state index in [2.05, 4.69) is 30.6 Å². The number of rotatable bonds is 9. The zero-order valence-electron chi connectivity index (χ0n) is 17.1. The molecule has 178 valence electrons. The first-order chi connectivity index (χ1) is 16.0. The number of carbonyl (C=O) groups excluding carboxylic acids is 1. The number of H-pyrrole nitrogens is 1. The van der Waals surface area contributed by atoms with E-state index < -0.39 is 40.2 Å². The lowest BCUT2D eigenvalue weighted by Gasteiger charge is -2.20. The van der Waals surface area contributed by atoms with E-state index in [0.29, 0.717) is 11.4 Å². The molecule has 13 nitrogen and oxygen atoms in total. The summed E-state index contributed by atoms with van der Waals surface area (Å²) in [6.45, 7) is 0.197. The SMILES string of the molecule is Nc1nc2ncc(CNc3ccc(C(=O)NC(CC(Cl)(Cl)C(=O)O)C(=O)O)cc3)nc2c(=O)[nH]1. The number of carboxylic acid groups (broad SMARTS) is 2. The number of nitrogens with one attached hydrogen (secondary N) is 3. The maximum atomic E-state index is 12.4. The Balaban J connectivity index is 1.64. The number of hydrogen-bond donors (Lipinski definition) is 6. The van der Waals surface area contributed by atoms with E-state index in [1.165, 1.54) is 18.3 Å². The summed E-state index contributed by atoms with van der Waals surface area (Å²) in [4.78, 5) is 61.2. The molecule has 34 heavy (non-hydrogen) atoms. The topological polar surface area (TPSA) is 213 Å². The van der Waals surface area contributed by atoms with Gasteiger partial charge in [0.2, 0.25) is 10.3 Å². The molecule has 0 aliphatic rings. The highest BCUT2D eigenvalue weighted by molar-refractivity contribution is 6.57. The highest BCUT2D eigenvalue weighted by Crippen LogP contribution is 2.27. The number of amides is 1. The Hall–Kier alpha value is -3.97. The molecule has 7 N–H and O–H groups in total. The maximum absolute atomic E-state index is 12.4. The number of anilines is 2.